The lowest BCUT2D eigenvalue weighted by Gasteiger charge is -2.21. The molecular weight excluding hydrogens is 218 g/mol. The van der Waals surface area contributed by atoms with Crippen molar-refractivity contribution < 1.29 is 9.53 Å². The van der Waals surface area contributed by atoms with Gasteiger partial charge in [0, 0.05) is 26.7 Å². The lowest BCUT2D eigenvalue weighted by atomic mass is 10.5. The van der Waals surface area contributed by atoms with Crippen molar-refractivity contribution >= 4 is 6.09 Å². The Hall–Kier alpha value is -0.810. The molecule has 0 aromatic rings. The SMILES string of the molecule is CCN(CC)CCOC(=O)N(C)CCN(C)C. The van der Waals surface area contributed by atoms with E-state index in [9.17, 15) is 4.79 Å². The van der Waals surface area contributed by atoms with Gasteiger partial charge in [0.15, 0.2) is 0 Å². The van der Waals surface area contributed by atoms with Crippen molar-refractivity contribution in [2.75, 3.05) is 60.5 Å². The first-order valence-electron chi connectivity index (χ1n) is 6.26. The molecule has 5 heteroatoms. The summed E-state index contributed by atoms with van der Waals surface area (Å²) < 4.78 is 5.20. The van der Waals surface area contributed by atoms with E-state index in [1.54, 1.807) is 11.9 Å². The minimum atomic E-state index is -0.237. The summed E-state index contributed by atoms with van der Waals surface area (Å²) in [7, 11) is 5.74. The maximum absolute atomic E-state index is 11.6. The smallest absolute Gasteiger partial charge is 0.409 e. The summed E-state index contributed by atoms with van der Waals surface area (Å²) in [5.74, 6) is 0. The van der Waals surface area contributed by atoms with Gasteiger partial charge in [0.2, 0.25) is 0 Å². The third-order valence-electron chi connectivity index (χ3n) is 2.72. The average Bonchev–Trinajstić information content (AvgIpc) is 2.31. The summed E-state index contributed by atoms with van der Waals surface area (Å²) in [6, 6.07) is 0. The molecule has 0 spiro atoms. The second-order valence-electron chi connectivity index (χ2n) is 4.37. The topological polar surface area (TPSA) is 36.0 Å². The highest BCUT2D eigenvalue weighted by atomic mass is 16.6. The fraction of sp³-hybridized carbons (Fsp3) is 0.917. The largest absolute Gasteiger partial charge is 0.448 e. The molecule has 0 N–H and O–H groups in total. The number of carbonyl (C=O) groups is 1. The van der Waals surface area contributed by atoms with E-state index in [-0.39, 0.29) is 6.09 Å². The first-order chi connectivity index (χ1) is 8.01. The quantitative estimate of drug-likeness (QED) is 0.638. The molecular formula is C12H27N3O2. The van der Waals surface area contributed by atoms with Crippen molar-refractivity contribution in [3.05, 3.63) is 0 Å². The van der Waals surface area contributed by atoms with Crippen LogP contribution < -0.4 is 0 Å². The summed E-state index contributed by atoms with van der Waals surface area (Å²) in [5.41, 5.74) is 0. The van der Waals surface area contributed by atoms with Crippen LogP contribution in [0.15, 0.2) is 0 Å². The highest BCUT2D eigenvalue weighted by Gasteiger charge is 2.10. The lowest BCUT2D eigenvalue weighted by Crippen LogP contribution is -2.35. The molecule has 0 saturated carbocycles. The number of amides is 1. The molecule has 0 aliphatic heterocycles. The van der Waals surface area contributed by atoms with Gasteiger partial charge >= 0.3 is 6.09 Å². The van der Waals surface area contributed by atoms with Crippen LogP contribution in [0.5, 0.6) is 0 Å². The van der Waals surface area contributed by atoms with Gasteiger partial charge in [-0.15, -0.1) is 0 Å². The van der Waals surface area contributed by atoms with Gasteiger partial charge in [-0.25, -0.2) is 4.79 Å². The molecule has 0 saturated heterocycles. The van der Waals surface area contributed by atoms with E-state index in [1.807, 2.05) is 19.0 Å². The van der Waals surface area contributed by atoms with E-state index in [4.69, 9.17) is 4.74 Å². The van der Waals surface area contributed by atoms with Crippen LogP contribution in [-0.4, -0.2) is 81.3 Å². The zero-order valence-corrected chi connectivity index (χ0v) is 11.9. The normalized spacial score (nSPS) is 11.0. The zero-order valence-electron chi connectivity index (χ0n) is 11.9. The summed E-state index contributed by atoms with van der Waals surface area (Å²) in [6.45, 7) is 9.00. The fourth-order valence-electron chi connectivity index (χ4n) is 1.35. The van der Waals surface area contributed by atoms with Crippen molar-refractivity contribution in [1.82, 2.24) is 14.7 Å². The molecule has 0 rings (SSSR count). The van der Waals surface area contributed by atoms with Crippen LogP contribution in [0.1, 0.15) is 13.8 Å². The Morgan fingerprint density at radius 2 is 1.59 bits per heavy atom. The average molecular weight is 245 g/mol. The molecule has 0 bridgehead atoms. The summed E-state index contributed by atoms with van der Waals surface area (Å²) in [5, 5.41) is 0. The third kappa shape index (κ3) is 7.99. The second-order valence-corrected chi connectivity index (χ2v) is 4.37. The van der Waals surface area contributed by atoms with Crippen LogP contribution in [0.4, 0.5) is 4.79 Å². The number of hydrogen-bond donors (Lipinski definition) is 0. The van der Waals surface area contributed by atoms with Crippen molar-refractivity contribution in [3.63, 3.8) is 0 Å². The summed E-state index contributed by atoms with van der Waals surface area (Å²) in [4.78, 5) is 17.5. The van der Waals surface area contributed by atoms with Gasteiger partial charge in [-0.1, -0.05) is 13.8 Å². The summed E-state index contributed by atoms with van der Waals surface area (Å²) >= 11 is 0. The molecule has 5 nitrogen and oxygen atoms in total. The molecule has 0 aromatic carbocycles. The predicted molar refractivity (Wildman–Crippen MR) is 70.3 cm³/mol. The molecule has 0 aromatic heterocycles. The Kier molecular flexibility index (Phi) is 8.80. The Bertz CT molecular complexity index is 206. The minimum Gasteiger partial charge on any atom is -0.448 e. The van der Waals surface area contributed by atoms with Crippen molar-refractivity contribution in [2.45, 2.75) is 13.8 Å². The predicted octanol–water partition coefficient (Wildman–Crippen LogP) is 0.958. The van der Waals surface area contributed by atoms with Gasteiger partial charge in [-0.3, -0.25) is 0 Å². The molecule has 0 fully saturated rings. The number of rotatable bonds is 8. The van der Waals surface area contributed by atoms with Gasteiger partial charge in [0.1, 0.15) is 6.61 Å². The van der Waals surface area contributed by atoms with E-state index < -0.39 is 0 Å². The Morgan fingerprint density at radius 1 is 1.00 bits per heavy atom. The molecule has 17 heavy (non-hydrogen) atoms. The number of carbonyl (C=O) groups excluding carboxylic acids is 1. The second kappa shape index (κ2) is 9.24. The van der Waals surface area contributed by atoms with Crippen LogP contribution in [0.2, 0.25) is 0 Å². The number of ether oxygens (including phenoxy) is 1. The van der Waals surface area contributed by atoms with Gasteiger partial charge < -0.3 is 19.4 Å². The number of nitrogens with zero attached hydrogens (tertiary/aromatic N) is 3. The molecule has 0 atom stereocenters. The van der Waals surface area contributed by atoms with E-state index in [0.717, 1.165) is 26.2 Å². The molecule has 0 aliphatic carbocycles. The zero-order chi connectivity index (χ0) is 13.3. The molecule has 0 heterocycles. The van der Waals surface area contributed by atoms with Crippen molar-refractivity contribution in [1.29, 1.82) is 0 Å². The molecule has 0 unspecified atom stereocenters. The maximum Gasteiger partial charge on any atom is 0.409 e. The highest BCUT2D eigenvalue weighted by Crippen LogP contribution is 1.93. The maximum atomic E-state index is 11.6. The van der Waals surface area contributed by atoms with Crippen LogP contribution in [0.3, 0.4) is 0 Å². The third-order valence-corrected chi connectivity index (χ3v) is 2.72. The van der Waals surface area contributed by atoms with E-state index in [2.05, 4.69) is 18.7 Å². The standard InChI is InChI=1S/C12H27N3O2/c1-6-15(7-2)10-11-17-12(16)14(5)9-8-13(3)4/h6-11H2,1-5H3. The van der Waals surface area contributed by atoms with Crippen molar-refractivity contribution in [3.8, 4) is 0 Å². The first-order valence-corrected chi connectivity index (χ1v) is 6.26. The van der Waals surface area contributed by atoms with Crippen LogP contribution in [-0.2, 0) is 4.74 Å². The van der Waals surface area contributed by atoms with Crippen molar-refractivity contribution in [2.24, 2.45) is 0 Å². The fourth-order valence-corrected chi connectivity index (χ4v) is 1.35. The van der Waals surface area contributed by atoms with E-state index in [1.165, 1.54) is 0 Å². The number of likely N-dealkylation sites (N-methyl/N-ethyl adjacent to an activating group) is 3. The van der Waals surface area contributed by atoms with Crippen LogP contribution in [0, 0.1) is 0 Å². The monoisotopic (exact) mass is 245 g/mol. The Morgan fingerprint density at radius 3 is 2.06 bits per heavy atom. The van der Waals surface area contributed by atoms with Gasteiger partial charge in [0.05, 0.1) is 0 Å². The highest BCUT2D eigenvalue weighted by molar-refractivity contribution is 5.67. The first kappa shape index (κ1) is 16.2. The molecule has 0 radical (unpaired) electrons. The lowest BCUT2D eigenvalue weighted by molar-refractivity contribution is 0.0972. The molecule has 102 valence electrons. The molecule has 1 amide bonds. The minimum absolute atomic E-state index is 0.237. The Balaban J connectivity index is 3.70. The number of hydrogen-bond acceptors (Lipinski definition) is 4. The van der Waals surface area contributed by atoms with Gasteiger partial charge in [0.25, 0.3) is 0 Å². The van der Waals surface area contributed by atoms with Gasteiger partial charge in [-0.05, 0) is 27.2 Å². The molecule has 0 aliphatic rings. The van der Waals surface area contributed by atoms with E-state index in [0.29, 0.717) is 13.2 Å². The van der Waals surface area contributed by atoms with Crippen LogP contribution >= 0.6 is 0 Å². The van der Waals surface area contributed by atoms with Gasteiger partial charge in [-0.2, -0.15) is 0 Å². The Labute approximate surface area is 105 Å². The summed E-state index contributed by atoms with van der Waals surface area (Å²) in [6.07, 6.45) is -0.237. The van der Waals surface area contributed by atoms with Crippen LogP contribution in [0.25, 0.3) is 0 Å². The van der Waals surface area contributed by atoms with E-state index >= 15 is 0 Å².